The number of aldehydes is 1. The van der Waals surface area contributed by atoms with Gasteiger partial charge in [0.15, 0.2) is 12.1 Å². The summed E-state index contributed by atoms with van der Waals surface area (Å²) in [6.07, 6.45) is -2.81. The van der Waals surface area contributed by atoms with Gasteiger partial charge in [-0.3, -0.25) is 4.79 Å². The van der Waals surface area contributed by atoms with Gasteiger partial charge in [0, 0.05) is 5.69 Å². The zero-order chi connectivity index (χ0) is 10.0. The zero-order valence-electron chi connectivity index (χ0n) is 6.72. The molecule has 1 aromatic rings. The van der Waals surface area contributed by atoms with Gasteiger partial charge < -0.3 is 0 Å². The van der Waals surface area contributed by atoms with Crippen LogP contribution >= 0.6 is 0 Å². The molecule has 0 N–H and O–H groups in total. The first-order valence-electron chi connectivity index (χ1n) is 3.46. The van der Waals surface area contributed by atoms with Crippen molar-refractivity contribution in [3.05, 3.63) is 28.8 Å². The lowest BCUT2D eigenvalue weighted by atomic mass is 10.2. The fourth-order valence-corrected chi connectivity index (χ4v) is 0.938. The van der Waals surface area contributed by atoms with Crippen LogP contribution in [0.25, 0.3) is 0 Å². The fraction of sp³-hybridized carbons (Fsp3) is 0.250. The monoisotopic (exact) mass is 189 g/mol. The number of nitrogens with zero attached hydrogens (tertiary/aromatic N) is 1. The molecule has 0 spiro atoms. The van der Waals surface area contributed by atoms with Crippen LogP contribution < -0.4 is 0 Å². The minimum Gasteiger partial charge on any atom is -0.298 e. The zero-order valence-corrected chi connectivity index (χ0v) is 6.72. The number of hydrogen-bond donors (Lipinski definition) is 0. The first-order valence-corrected chi connectivity index (χ1v) is 3.46. The molecule has 0 aliphatic heterocycles. The van der Waals surface area contributed by atoms with E-state index in [0.29, 0.717) is 0 Å². The summed E-state index contributed by atoms with van der Waals surface area (Å²) in [6.45, 7) is 1.42. The van der Waals surface area contributed by atoms with Crippen molar-refractivity contribution in [2.45, 2.75) is 13.3 Å². The fourth-order valence-electron chi connectivity index (χ4n) is 0.938. The molecule has 0 unspecified atom stereocenters. The summed E-state index contributed by atoms with van der Waals surface area (Å²) in [7, 11) is 0. The molecule has 1 aromatic heterocycles. The summed E-state index contributed by atoms with van der Waals surface area (Å²) in [6, 6.07) is 1.12. The lowest BCUT2D eigenvalue weighted by Gasteiger charge is -2.03. The third-order valence-electron chi connectivity index (χ3n) is 1.47. The van der Waals surface area contributed by atoms with E-state index >= 15 is 0 Å². The molecule has 0 radical (unpaired) electrons. The molecule has 2 nitrogen and oxygen atoms in total. The quantitative estimate of drug-likeness (QED) is 0.668. The third kappa shape index (κ3) is 1.85. The van der Waals surface area contributed by atoms with Gasteiger partial charge in [0.1, 0.15) is 5.69 Å². The lowest BCUT2D eigenvalue weighted by molar-refractivity contribution is 0.111. The Hall–Kier alpha value is -1.39. The standard InChI is InChI=1S/C8H6F3NO/c1-4-2-5(3-13)6(9)7(12-4)8(10)11/h2-3,8H,1H3. The van der Waals surface area contributed by atoms with E-state index in [1.54, 1.807) is 0 Å². The van der Waals surface area contributed by atoms with E-state index in [-0.39, 0.29) is 17.5 Å². The second kappa shape index (κ2) is 3.55. The van der Waals surface area contributed by atoms with E-state index in [0.717, 1.165) is 6.07 Å². The lowest BCUT2D eigenvalue weighted by Crippen LogP contribution is -2.02. The van der Waals surface area contributed by atoms with Crippen molar-refractivity contribution in [3.8, 4) is 0 Å². The number of hydrogen-bond acceptors (Lipinski definition) is 2. The first-order chi connectivity index (χ1) is 6.06. The highest BCUT2D eigenvalue weighted by molar-refractivity contribution is 5.75. The summed E-state index contributed by atoms with van der Waals surface area (Å²) in [5.74, 6) is -1.24. The van der Waals surface area contributed by atoms with Crippen molar-refractivity contribution >= 4 is 6.29 Å². The largest absolute Gasteiger partial charge is 0.298 e. The number of halogens is 3. The van der Waals surface area contributed by atoms with Gasteiger partial charge in [0.05, 0.1) is 5.56 Å². The van der Waals surface area contributed by atoms with Crippen molar-refractivity contribution in [2.75, 3.05) is 0 Å². The maximum atomic E-state index is 12.9. The van der Waals surface area contributed by atoms with Gasteiger partial charge in [-0.25, -0.2) is 18.2 Å². The number of alkyl halides is 2. The van der Waals surface area contributed by atoms with E-state index in [1.165, 1.54) is 6.92 Å². The minimum absolute atomic E-state index is 0.190. The molecular formula is C8H6F3NO. The third-order valence-corrected chi connectivity index (χ3v) is 1.47. The molecule has 0 aliphatic carbocycles. The Balaban J connectivity index is 3.35. The minimum atomic E-state index is -3.00. The number of rotatable bonds is 2. The van der Waals surface area contributed by atoms with Crippen LogP contribution in [-0.2, 0) is 0 Å². The number of carbonyl (C=O) groups excluding carboxylic acids is 1. The average Bonchev–Trinajstić information content (AvgIpc) is 2.08. The number of carbonyl (C=O) groups is 1. The molecule has 1 rings (SSSR count). The molecule has 0 saturated heterocycles. The Morgan fingerprint density at radius 2 is 2.15 bits per heavy atom. The van der Waals surface area contributed by atoms with Crippen LogP contribution in [0, 0.1) is 12.7 Å². The molecule has 0 aromatic carbocycles. The van der Waals surface area contributed by atoms with E-state index < -0.39 is 17.9 Å². The van der Waals surface area contributed by atoms with E-state index in [2.05, 4.69) is 4.98 Å². The second-order valence-electron chi connectivity index (χ2n) is 2.47. The average molecular weight is 189 g/mol. The Morgan fingerprint density at radius 1 is 1.54 bits per heavy atom. The normalized spacial score (nSPS) is 10.5. The molecule has 0 fully saturated rings. The highest BCUT2D eigenvalue weighted by atomic mass is 19.3. The molecule has 0 atom stereocenters. The SMILES string of the molecule is Cc1cc(C=O)c(F)c(C(F)F)n1. The Kier molecular flexibility index (Phi) is 2.65. The van der Waals surface area contributed by atoms with Gasteiger partial charge in [-0.2, -0.15) is 0 Å². The van der Waals surface area contributed by atoms with Crippen LogP contribution in [0.1, 0.15) is 28.2 Å². The summed E-state index contributed by atoms with van der Waals surface area (Å²) in [5, 5.41) is 0. The predicted molar refractivity (Wildman–Crippen MR) is 39.3 cm³/mol. The first kappa shape index (κ1) is 9.70. The van der Waals surface area contributed by atoms with E-state index in [4.69, 9.17) is 0 Å². The number of aromatic nitrogens is 1. The molecule has 0 saturated carbocycles. The molecule has 0 bridgehead atoms. The summed E-state index contributed by atoms with van der Waals surface area (Å²) in [4.78, 5) is 13.5. The van der Waals surface area contributed by atoms with Crippen molar-refractivity contribution in [1.29, 1.82) is 0 Å². The van der Waals surface area contributed by atoms with E-state index in [1.807, 2.05) is 0 Å². The Labute approximate surface area is 72.4 Å². The highest BCUT2D eigenvalue weighted by Gasteiger charge is 2.18. The van der Waals surface area contributed by atoms with Crippen LogP contribution in [0.3, 0.4) is 0 Å². The molecule has 70 valence electrons. The van der Waals surface area contributed by atoms with Crippen molar-refractivity contribution < 1.29 is 18.0 Å². The highest BCUT2D eigenvalue weighted by Crippen LogP contribution is 2.21. The van der Waals surface area contributed by atoms with Crippen LogP contribution in [0.2, 0.25) is 0 Å². The van der Waals surface area contributed by atoms with Crippen molar-refractivity contribution in [1.82, 2.24) is 4.98 Å². The van der Waals surface area contributed by atoms with Crippen LogP contribution in [-0.4, -0.2) is 11.3 Å². The predicted octanol–water partition coefficient (Wildman–Crippen LogP) is 2.28. The maximum Gasteiger partial charge on any atom is 0.283 e. The van der Waals surface area contributed by atoms with Crippen LogP contribution in [0.15, 0.2) is 6.07 Å². The Morgan fingerprint density at radius 3 is 2.62 bits per heavy atom. The van der Waals surface area contributed by atoms with Crippen molar-refractivity contribution in [3.63, 3.8) is 0 Å². The molecule has 0 amide bonds. The van der Waals surface area contributed by atoms with E-state index in [9.17, 15) is 18.0 Å². The summed E-state index contributed by atoms with van der Waals surface area (Å²) in [5.41, 5.74) is -1.16. The summed E-state index contributed by atoms with van der Waals surface area (Å²) < 4.78 is 37.1. The maximum absolute atomic E-state index is 12.9. The molecule has 5 heteroatoms. The molecular weight excluding hydrogens is 183 g/mol. The van der Waals surface area contributed by atoms with Gasteiger partial charge in [-0.1, -0.05) is 0 Å². The molecule has 13 heavy (non-hydrogen) atoms. The van der Waals surface area contributed by atoms with Gasteiger partial charge in [-0.15, -0.1) is 0 Å². The second-order valence-corrected chi connectivity index (χ2v) is 2.47. The van der Waals surface area contributed by atoms with Gasteiger partial charge in [-0.05, 0) is 13.0 Å². The smallest absolute Gasteiger partial charge is 0.283 e. The molecule has 1 heterocycles. The van der Waals surface area contributed by atoms with Gasteiger partial charge in [0.2, 0.25) is 0 Å². The van der Waals surface area contributed by atoms with Gasteiger partial charge >= 0.3 is 0 Å². The van der Waals surface area contributed by atoms with Crippen LogP contribution in [0.4, 0.5) is 13.2 Å². The van der Waals surface area contributed by atoms with Crippen molar-refractivity contribution in [2.24, 2.45) is 0 Å². The summed E-state index contributed by atoms with van der Waals surface area (Å²) >= 11 is 0. The topological polar surface area (TPSA) is 30.0 Å². The Bertz CT molecular complexity index is 338. The van der Waals surface area contributed by atoms with Crippen LogP contribution in [0.5, 0.6) is 0 Å². The molecule has 0 aliphatic rings. The van der Waals surface area contributed by atoms with Gasteiger partial charge in [0.25, 0.3) is 6.43 Å². The number of aryl methyl sites for hydroxylation is 1. The number of pyridine rings is 1.